The third kappa shape index (κ3) is 19.8. The van der Waals surface area contributed by atoms with Gasteiger partial charge in [0.05, 0.1) is 59.5 Å². The summed E-state index contributed by atoms with van der Waals surface area (Å²) in [5.41, 5.74) is -0.487. The molecule has 24 heavy (non-hydrogen) atoms. The number of esters is 1. The molecule has 0 aliphatic rings. The van der Waals surface area contributed by atoms with Gasteiger partial charge in [-0.15, -0.1) is 0 Å². The van der Waals surface area contributed by atoms with Crippen LogP contribution in [0.4, 0.5) is 0 Å². The van der Waals surface area contributed by atoms with Crippen LogP contribution in [-0.4, -0.2) is 83.0 Å². The van der Waals surface area contributed by atoms with Crippen molar-refractivity contribution in [1.29, 1.82) is 0 Å². The number of hydrogen-bond acceptors (Lipinski definition) is 7. The molecule has 0 rings (SSSR count). The Labute approximate surface area is 153 Å². The van der Waals surface area contributed by atoms with Gasteiger partial charge in [0.25, 0.3) is 0 Å². The molecular formula is C16H31BrO7. The van der Waals surface area contributed by atoms with Gasteiger partial charge in [0.15, 0.2) is 0 Å². The van der Waals surface area contributed by atoms with Crippen LogP contribution in [0.2, 0.25) is 0 Å². The minimum Gasteiger partial charge on any atom is -0.458 e. The lowest BCUT2D eigenvalue weighted by Crippen LogP contribution is -2.27. The van der Waals surface area contributed by atoms with E-state index in [1.807, 2.05) is 20.8 Å². The number of carbonyl (C=O) groups excluding carboxylic acids is 1. The number of halogens is 1. The Morgan fingerprint density at radius 1 is 0.708 bits per heavy atom. The minimum absolute atomic E-state index is 0.0617. The number of carbonyl (C=O) groups is 1. The van der Waals surface area contributed by atoms with Crippen LogP contribution in [0, 0.1) is 0 Å². The van der Waals surface area contributed by atoms with Crippen LogP contribution in [0.1, 0.15) is 20.8 Å². The van der Waals surface area contributed by atoms with Crippen molar-refractivity contribution in [2.45, 2.75) is 26.4 Å². The van der Waals surface area contributed by atoms with Crippen molar-refractivity contribution < 1.29 is 33.2 Å². The maximum atomic E-state index is 11.4. The predicted molar refractivity (Wildman–Crippen MR) is 93.7 cm³/mol. The topological polar surface area (TPSA) is 72.5 Å². The van der Waals surface area contributed by atoms with Gasteiger partial charge in [0, 0.05) is 5.33 Å². The molecule has 144 valence electrons. The van der Waals surface area contributed by atoms with Crippen LogP contribution in [-0.2, 0) is 33.2 Å². The van der Waals surface area contributed by atoms with Gasteiger partial charge < -0.3 is 28.4 Å². The number of ether oxygens (including phenoxy) is 6. The molecule has 0 heterocycles. The van der Waals surface area contributed by atoms with E-state index in [4.69, 9.17) is 28.4 Å². The fraction of sp³-hybridized carbons (Fsp3) is 0.938. The third-order valence-electron chi connectivity index (χ3n) is 2.35. The van der Waals surface area contributed by atoms with Crippen LogP contribution in [0.15, 0.2) is 0 Å². The Hall–Kier alpha value is -0.250. The van der Waals surface area contributed by atoms with Crippen molar-refractivity contribution in [1.82, 2.24) is 0 Å². The van der Waals surface area contributed by atoms with E-state index in [9.17, 15) is 4.79 Å². The van der Waals surface area contributed by atoms with Gasteiger partial charge >= 0.3 is 5.97 Å². The van der Waals surface area contributed by atoms with Crippen molar-refractivity contribution in [3.05, 3.63) is 0 Å². The van der Waals surface area contributed by atoms with E-state index in [0.717, 1.165) is 5.33 Å². The maximum absolute atomic E-state index is 11.4. The van der Waals surface area contributed by atoms with Crippen LogP contribution in [0.5, 0.6) is 0 Å². The lowest BCUT2D eigenvalue weighted by Gasteiger charge is -2.19. The summed E-state index contributed by atoms with van der Waals surface area (Å²) in [5.74, 6) is -0.372. The van der Waals surface area contributed by atoms with Gasteiger partial charge in [-0.25, -0.2) is 4.79 Å². The molecule has 0 saturated carbocycles. The summed E-state index contributed by atoms with van der Waals surface area (Å²) in [5, 5.41) is 0.835. The summed E-state index contributed by atoms with van der Waals surface area (Å²) in [6.07, 6.45) is 0. The molecule has 0 amide bonds. The second-order valence-corrected chi connectivity index (χ2v) is 6.57. The van der Waals surface area contributed by atoms with Crippen molar-refractivity contribution in [3.63, 3.8) is 0 Å². The first-order chi connectivity index (χ1) is 11.5. The zero-order chi connectivity index (χ0) is 18.1. The molecule has 0 aromatic heterocycles. The fourth-order valence-electron chi connectivity index (χ4n) is 1.46. The normalized spacial score (nSPS) is 11.7. The van der Waals surface area contributed by atoms with Crippen molar-refractivity contribution in [3.8, 4) is 0 Å². The Balaban J connectivity index is 3.14. The average molecular weight is 415 g/mol. The molecule has 0 bridgehead atoms. The second kappa shape index (κ2) is 16.2. The number of alkyl halides is 1. The largest absolute Gasteiger partial charge is 0.458 e. The molecule has 0 N–H and O–H groups in total. The fourth-order valence-corrected chi connectivity index (χ4v) is 1.69. The molecule has 0 aliphatic carbocycles. The molecule has 0 fully saturated rings. The molecule has 0 aromatic rings. The van der Waals surface area contributed by atoms with Gasteiger partial charge in [-0.3, -0.25) is 0 Å². The van der Waals surface area contributed by atoms with Gasteiger partial charge in [0.2, 0.25) is 0 Å². The van der Waals surface area contributed by atoms with E-state index in [1.54, 1.807) is 0 Å². The van der Waals surface area contributed by atoms with Crippen LogP contribution in [0.25, 0.3) is 0 Å². The molecular weight excluding hydrogens is 384 g/mol. The van der Waals surface area contributed by atoms with E-state index in [0.29, 0.717) is 59.5 Å². The van der Waals surface area contributed by atoms with E-state index in [-0.39, 0.29) is 12.6 Å². The molecule has 0 radical (unpaired) electrons. The predicted octanol–water partition coefficient (Wildman–Crippen LogP) is 1.81. The quantitative estimate of drug-likeness (QED) is 0.216. The van der Waals surface area contributed by atoms with Crippen molar-refractivity contribution >= 4 is 21.9 Å². The first-order valence-corrected chi connectivity index (χ1v) is 9.24. The van der Waals surface area contributed by atoms with Crippen molar-refractivity contribution in [2.24, 2.45) is 0 Å². The third-order valence-corrected chi connectivity index (χ3v) is 2.67. The molecule has 0 spiro atoms. The molecule has 0 aromatic carbocycles. The summed E-state index contributed by atoms with van der Waals surface area (Å²) < 4.78 is 31.5. The van der Waals surface area contributed by atoms with E-state index < -0.39 is 5.60 Å². The maximum Gasteiger partial charge on any atom is 0.332 e. The smallest absolute Gasteiger partial charge is 0.332 e. The standard InChI is InChI=1S/C16H31BrO7/c1-16(2,3)24-15(18)14-23-13-12-22-11-10-21-9-8-20-7-6-19-5-4-17/h4-14H2,1-3H3. The average Bonchev–Trinajstić information content (AvgIpc) is 2.49. The number of rotatable bonds is 16. The summed E-state index contributed by atoms with van der Waals surface area (Å²) in [4.78, 5) is 11.4. The highest BCUT2D eigenvalue weighted by Gasteiger charge is 2.15. The van der Waals surface area contributed by atoms with Crippen LogP contribution >= 0.6 is 15.9 Å². The molecule has 7 nitrogen and oxygen atoms in total. The van der Waals surface area contributed by atoms with Gasteiger partial charge in [-0.2, -0.15) is 0 Å². The highest BCUT2D eigenvalue weighted by atomic mass is 79.9. The molecule has 0 saturated heterocycles. The Kier molecular flexibility index (Phi) is 16.1. The Morgan fingerprint density at radius 3 is 1.46 bits per heavy atom. The van der Waals surface area contributed by atoms with Gasteiger partial charge in [-0.05, 0) is 20.8 Å². The zero-order valence-electron chi connectivity index (χ0n) is 15.0. The van der Waals surface area contributed by atoms with Crippen LogP contribution < -0.4 is 0 Å². The highest BCUT2D eigenvalue weighted by molar-refractivity contribution is 9.09. The second-order valence-electron chi connectivity index (χ2n) is 5.78. The minimum atomic E-state index is -0.487. The Morgan fingerprint density at radius 2 is 1.08 bits per heavy atom. The van der Waals surface area contributed by atoms with E-state index >= 15 is 0 Å². The molecule has 0 atom stereocenters. The summed E-state index contributed by atoms with van der Waals surface area (Å²) >= 11 is 3.28. The summed E-state index contributed by atoms with van der Waals surface area (Å²) in [6.45, 7) is 10.0. The van der Waals surface area contributed by atoms with Gasteiger partial charge in [0.1, 0.15) is 12.2 Å². The lowest BCUT2D eigenvalue weighted by atomic mass is 10.2. The monoisotopic (exact) mass is 414 g/mol. The van der Waals surface area contributed by atoms with E-state index in [2.05, 4.69) is 15.9 Å². The highest BCUT2D eigenvalue weighted by Crippen LogP contribution is 2.06. The number of hydrogen-bond donors (Lipinski definition) is 0. The Bertz CT molecular complexity index is 295. The van der Waals surface area contributed by atoms with E-state index in [1.165, 1.54) is 0 Å². The molecule has 8 heteroatoms. The van der Waals surface area contributed by atoms with Crippen molar-refractivity contribution in [2.75, 3.05) is 71.4 Å². The SMILES string of the molecule is CC(C)(C)OC(=O)COCCOCCOCCOCCOCCBr. The molecule has 0 aliphatic heterocycles. The van der Waals surface area contributed by atoms with Crippen LogP contribution in [0.3, 0.4) is 0 Å². The summed E-state index contributed by atoms with van der Waals surface area (Å²) in [6, 6.07) is 0. The zero-order valence-corrected chi connectivity index (χ0v) is 16.6. The summed E-state index contributed by atoms with van der Waals surface area (Å²) in [7, 11) is 0. The van der Waals surface area contributed by atoms with Gasteiger partial charge in [-0.1, -0.05) is 15.9 Å². The molecule has 0 unspecified atom stereocenters. The first-order valence-electron chi connectivity index (χ1n) is 8.12. The first kappa shape index (κ1) is 23.8. The lowest BCUT2D eigenvalue weighted by molar-refractivity contribution is -0.160.